The Balaban J connectivity index is 1.99. The molecule has 0 saturated heterocycles. The molecule has 2 aromatic rings. The summed E-state index contributed by atoms with van der Waals surface area (Å²) in [6, 6.07) is 6.71. The summed E-state index contributed by atoms with van der Waals surface area (Å²) in [5.41, 5.74) is 1.45. The molecular formula is C14H11ClN2O4. The summed E-state index contributed by atoms with van der Waals surface area (Å²) in [6.45, 7) is 0. The second-order valence-electron chi connectivity index (χ2n) is 4.41. The van der Waals surface area contributed by atoms with Crippen molar-refractivity contribution in [1.82, 2.24) is 5.32 Å². The molecule has 0 radical (unpaired) electrons. The van der Waals surface area contributed by atoms with Gasteiger partial charge in [0.15, 0.2) is 0 Å². The summed E-state index contributed by atoms with van der Waals surface area (Å²) >= 11 is 6.02. The van der Waals surface area contributed by atoms with E-state index in [0.29, 0.717) is 21.8 Å². The van der Waals surface area contributed by atoms with E-state index in [-0.39, 0.29) is 11.7 Å². The van der Waals surface area contributed by atoms with Crippen molar-refractivity contribution >= 4 is 29.2 Å². The topological polar surface area (TPSA) is 80.6 Å². The molecule has 0 bridgehead atoms. The number of amides is 1. The predicted molar refractivity (Wildman–Crippen MR) is 75.3 cm³/mol. The molecule has 0 saturated carbocycles. The fraction of sp³-hybridized carbons (Fsp3) is 0.143. The van der Waals surface area contributed by atoms with Crippen molar-refractivity contribution < 1.29 is 18.7 Å². The molecule has 2 N–H and O–H groups in total. The van der Waals surface area contributed by atoms with Crippen molar-refractivity contribution in [2.75, 3.05) is 12.4 Å². The van der Waals surface area contributed by atoms with E-state index in [2.05, 4.69) is 15.4 Å². The summed E-state index contributed by atoms with van der Waals surface area (Å²) in [6.07, 6.45) is 0.763. The van der Waals surface area contributed by atoms with Gasteiger partial charge in [0.05, 0.1) is 29.6 Å². The van der Waals surface area contributed by atoms with Crippen LogP contribution in [-0.2, 0) is 4.74 Å². The number of benzene rings is 1. The second kappa shape index (κ2) is 5.14. The molecule has 108 valence electrons. The van der Waals surface area contributed by atoms with Crippen LogP contribution in [0.2, 0.25) is 5.02 Å². The highest BCUT2D eigenvalue weighted by Gasteiger charge is 2.30. The number of esters is 1. The van der Waals surface area contributed by atoms with Crippen LogP contribution in [0.25, 0.3) is 0 Å². The summed E-state index contributed by atoms with van der Waals surface area (Å²) in [4.78, 5) is 23.8. The lowest BCUT2D eigenvalue weighted by molar-refractivity contribution is 0.0561. The first-order valence-electron chi connectivity index (χ1n) is 6.13. The summed E-state index contributed by atoms with van der Waals surface area (Å²) in [7, 11) is 1.26. The van der Waals surface area contributed by atoms with Gasteiger partial charge in [-0.1, -0.05) is 17.7 Å². The quantitative estimate of drug-likeness (QED) is 0.834. The van der Waals surface area contributed by atoms with Gasteiger partial charge >= 0.3 is 5.97 Å². The minimum Gasteiger partial charge on any atom is -0.463 e. The van der Waals surface area contributed by atoms with Crippen LogP contribution in [0.5, 0.6) is 0 Å². The van der Waals surface area contributed by atoms with E-state index in [1.165, 1.54) is 13.4 Å². The lowest BCUT2D eigenvalue weighted by Crippen LogP contribution is -2.39. The fourth-order valence-electron chi connectivity index (χ4n) is 2.23. The van der Waals surface area contributed by atoms with Crippen molar-refractivity contribution in [3.8, 4) is 0 Å². The maximum atomic E-state index is 12.2. The highest BCUT2D eigenvalue weighted by atomic mass is 35.5. The van der Waals surface area contributed by atoms with Gasteiger partial charge in [0, 0.05) is 5.56 Å². The SMILES string of the molecule is COC(=O)c1occc1C1NC(=O)c2c(Cl)cccc2N1. The van der Waals surface area contributed by atoms with Gasteiger partial charge in [0.25, 0.3) is 5.91 Å². The minimum atomic E-state index is -0.608. The van der Waals surface area contributed by atoms with E-state index in [0.717, 1.165) is 0 Å². The number of methoxy groups -OCH3 is 1. The van der Waals surface area contributed by atoms with Crippen molar-refractivity contribution in [2.24, 2.45) is 0 Å². The smallest absolute Gasteiger partial charge is 0.374 e. The molecule has 7 heteroatoms. The maximum Gasteiger partial charge on any atom is 0.374 e. The van der Waals surface area contributed by atoms with E-state index in [1.54, 1.807) is 24.3 Å². The third-order valence-corrected chi connectivity index (χ3v) is 3.51. The van der Waals surface area contributed by atoms with Crippen LogP contribution < -0.4 is 10.6 Å². The normalized spacial score (nSPS) is 16.7. The number of hydrogen-bond donors (Lipinski definition) is 2. The van der Waals surface area contributed by atoms with Gasteiger partial charge in [-0.25, -0.2) is 4.79 Å². The van der Waals surface area contributed by atoms with Crippen LogP contribution in [-0.4, -0.2) is 19.0 Å². The standard InChI is InChI=1S/C14H11ClN2O4/c1-20-14(19)11-7(5-6-21-11)12-16-9-4-2-3-8(15)10(9)13(18)17-12/h2-6,12,16H,1H3,(H,17,18). The van der Waals surface area contributed by atoms with E-state index in [1.807, 2.05) is 0 Å². The maximum absolute atomic E-state index is 12.2. The molecule has 2 heterocycles. The van der Waals surface area contributed by atoms with Gasteiger partial charge in [0.2, 0.25) is 5.76 Å². The molecule has 1 aliphatic rings. The van der Waals surface area contributed by atoms with Crippen LogP contribution in [0.1, 0.15) is 32.6 Å². The molecule has 0 aliphatic carbocycles. The number of halogens is 1. The molecule has 1 aromatic carbocycles. The molecule has 3 rings (SSSR count). The number of ether oxygens (including phenoxy) is 1. The molecule has 1 aliphatic heterocycles. The molecule has 21 heavy (non-hydrogen) atoms. The molecule has 1 amide bonds. The fourth-order valence-corrected chi connectivity index (χ4v) is 2.49. The Morgan fingerprint density at radius 1 is 1.33 bits per heavy atom. The van der Waals surface area contributed by atoms with Crippen molar-refractivity contribution in [3.05, 3.63) is 52.4 Å². The largest absolute Gasteiger partial charge is 0.463 e. The van der Waals surface area contributed by atoms with Crippen LogP contribution in [0, 0.1) is 0 Å². The summed E-state index contributed by atoms with van der Waals surface area (Å²) in [5, 5.41) is 6.20. The number of anilines is 1. The Morgan fingerprint density at radius 3 is 2.90 bits per heavy atom. The summed E-state index contributed by atoms with van der Waals surface area (Å²) in [5.74, 6) is -0.889. The first-order chi connectivity index (χ1) is 10.1. The third-order valence-electron chi connectivity index (χ3n) is 3.19. The third kappa shape index (κ3) is 2.23. The van der Waals surface area contributed by atoms with Crippen LogP contribution in [0.4, 0.5) is 5.69 Å². The Labute approximate surface area is 125 Å². The Kier molecular flexibility index (Phi) is 3.31. The Bertz CT molecular complexity index is 726. The monoisotopic (exact) mass is 306 g/mol. The summed E-state index contributed by atoms with van der Waals surface area (Å²) < 4.78 is 9.77. The number of fused-ring (bicyclic) bond motifs is 1. The molecule has 0 fully saturated rings. The van der Waals surface area contributed by atoms with Crippen molar-refractivity contribution in [3.63, 3.8) is 0 Å². The molecular weight excluding hydrogens is 296 g/mol. The van der Waals surface area contributed by atoms with Gasteiger partial charge in [-0.15, -0.1) is 0 Å². The van der Waals surface area contributed by atoms with Gasteiger partial charge in [-0.2, -0.15) is 0 Å². The number of carbonyl (C=O) groups is 2. The molecule has 1 atom stereocenters. The number of carbonyl (C=O) groups excluding carboxylic acids is 2. The van der Waals surface area contributed by atoms with Crippen LogP contribution in [0.15, 0.2) is 34.9 Å². The van der Waals surface area contributed by atoms with Crippen LogP contribution in [0.3, 0.4) is 0 Å². The van der Waals surface area contributed by atoms with Gasteiger partial charge in [-0.3, -0.25) is 4.79 Å². The number of hydrogen-bond acceptors (Lipinski definition) is 5. The second-order valence-corrected chi connectivity index (χ2v) is 4.82. The predicted octanol–water partition coefficient (Wildman–Crippen LogP) is 2.57. The van der Waals surface area contributed by atoms with E-state index >= 15 is 0 Å². The van der Waals surface area contributed by atoms with Gasteiger partial charge in [0.1, 0.15) is 6.17 Å². The first-order valence-corrected chi connectivity index (χ1v) is 6.51. The zero-order valence-corrected chi connectivity index (χ0v) is 11.7. The minimum absolute atomic E-state index is 0.0424. The lowest BCUT2D eigenvalue weighted by Gasteiger charge is -2.28. The van der Waals surface area contributed by atoms with Gasteiger partial charge in [-0.05, 0) is 18.2 Å². The van der Waals surface area contributed by atoms with E-state index in [4.69, 9.17) is 16.0 Å². The zero-order chi connectivity index (χ0) is 15.0. The number of nitrogens with one attached hydrogen (secondary N) is 2. The number of furan rings is 1. The van der Waals surface area contributed by atoms with Gasteiger partial charge < -0.3 is 19.8 Å². The lowest BCUT2D eigenvalue weighted by atomic mass is 10.1. The Morgan fingerprint density at radius 2 is 2.14 bits per heavy atom. The van der Waals surface area contributed by atoms with E-state index < -0.39 is 12.1 Å². The molecule has 1 unspecified atom stereocenters. The van der Waals surface area contributed by atoms with Crippen molar-refractivity contribution in [1.29, 1.82) is 0 Å². The Hall–Kier alpha value is -2.47. The zero-order valence-electron chi connectivity index (χ0n) is 11.0. The average molecular weight is 307 g/mol. The highest BCUT2D eigenvalue weighted by molar-refractivity contribution is 6.34. The highest BCUT2D eigenvalue weighted by Crippen LogP contribution is 2.32. The first kappa shape index (κ1) is 13.5. The van der Waals surface area contributed by atoms with Crippen LogP contribution >= 0.6 is 11.6 Å². The molecule has 6 nitrogen and oxygen atoms in total. The number of rotatable bonds is 2. The molecule has 1 aromatic heterocycles. The molecule has 0 spiro atoms. The van der Waals surface area contributed by atoms with E-state index in [9.17, 15) is 9.59 Å². The van der Waals surface area contributed by atoms with Crippen molar-refractivity contribution in [2.45, 2.75) is 6.17 Å². The average Bonchev–Trinajstić information content (AvgIpc) is 2.95.